The van der Waals surface area contributed by atoms with Crippen LogP contribution in [0.3, 0.4) is 0 Å². The Hall–Kier alpha value is -3.54. The highest BCUT2D eigenvalue weighted by Crippen LogP contribution is 2.17. The van der Waals surface area contributed by atoms with Gasteiger partial charge in [-0.2, -0.15) is 0 Å². The topological polar surface area (TPSA) is 68.2 Å². The van der Waals surface area contributed by atoms with Gasteiger partial charge in [0.1, 0.15) is 18.2 Å². The van der Waals surface area contributed by atoms with Gasteiger partial charge in [0.05, 0.1) is 0 Å². The van der Waals surface area contributed by atoms with Crippen LogP contribution >= 0.6 is 0 Å². The molecule has 0 bridgehead atoms. The van der Waals surface area contributed by atoms with Crippen LogP contribution in [0, 0.1) is 6.92 Å². The summed E-state index contributed by atoms with van der Waals surface area (Å²) in [6.45, 7) is 7.22. The molecule has 0 spiro atoms. The average Bonchev–Trinajstić information content (AvgIpc) is 3.10. The maximum Gasteiger partial charge on any atom is 0.319 e. The highest BCUT2D eigenvalue weighted by molar-refractivity contribution is 5.89. The molecule has 0 atom stereocenters. The number of benzene rings is 2. The third kappa shape index (κ3) is 5.48. The van der Waals surface area contributed by atoms with Gasteiger partial charge in [0.15, 0.2) is 0 Å². The largest absolute Gasteiger partial charge is 0.489 e. The molecule has 3 rings (SSSR count). The molecule has 28 heavy (non-hydrogen) atoms. The van der Waals surface area contributed by atoms with E-state index in [9.17, 15) is 4.79 Å². The lowest BCUT2D eigenvalue weighted by atomic mass is 10.1. The summed E-state index contributed by atoms with van der Waals surface area (Å²) in [7, 11) is 0. The van der Waals surface area contributed by atoms with Crippen LogP contribution in [0.5, 0.6) is 5.75 Å². The van der Waals surface area contributed by atoms with E-state index >= 15 is 0 Å². The number of nitrogens with one attached hydrogen (secondary N) is 2. The van der Waals surface area contributed by atoms with Crippen molar-refractivity contribution in [1.29, 1.82) is 0 Å². The van der Waals surface area contributed by atoms with Gasteiger partial charge in [0, 0.05) is 37.2 Å². The quantitative estimate of drug-likeness (QED) is 0.581. The second-order valence-electron chi connectivity index (χ2n) is 6.36. The van der Waals surface area contributed by atoms with Crippen molar-refractivity contribution in [2.24, 2.45) is 0 Å². The lowest BCUT2D eigenvalue weighted by molar-refractivity contribution is 0.251. The molecule has 6 heteroatoms. The Morgan fingerprint density at radius 1 is 1.21 bits per heavy atom. The molecule has 144 valence electrons. The SMILES string of the molecule is C=CCOc1cccc(NC(=O)NCc2cccc(Cn3ccnc3C)c2)c1. The molecule has 1 heterocycles. The molecule has 0 aliphatic rings. The third-order valence-electron chi connectivity index (χ3n) is 4.18. The van der Waals surface area contributed by atoms with E-state index in [-0.39, 0.29) is 6.03 Å². The first kappa shape index (κ1) is 19.2. The minimum Gasteiger partial charge on any atom is -0.489 e. The van der Waals surface area contributed by atoms with Crippen molar-refractivity contribution >= 4 is 11.7 Å². The molecule has 2 amide bonds. The Bertz CT molecular complexity index is 949. The number of hydrogen-bond donors (Lipinski definition) is 2. The first-order valence-electron chi connectivity index (χ1n) is 9.08. The van der Waals surface area contributed by atoms with Gasteiger partial charge < -0.3 is 19.9 Å². The van der Waals surface area contributed by atoms with E-state index in [0.717, 1.165) is 23.5 Å². The van der Waals surface area contributed by atoms with Crippen LogP contribution in [-0.2, 0) is 13.1 Å². The zero-order valence-corrected chi connectivity index (χ0v) is 15.9. The number of hydrogen-bond acceptors (Lipinski definition) is 3. The van der Waals surface area contributed by atoms with Crippen LogP contribution in [0.1, 0.15) is 17.0 Å². The van der Waals surface area contributed by atoms with Gasteiger partial charge in [-0.05, 0) is 30.2 Å². The molecule has 2 aromatic carbocycles. The maximum absolute atomic E-state index is 12.2. The summed E-state index contributed by atoms with van der Waals surface area (Å²) in [5.74, 6) is 1.66. The second-order valence-corrected chi connectivity index (χ2v) is 6.36. The molecule has 6 nitrogen and oxygen atoms in total. The average molecular weight is 376 g/mol. The molecule has 0 saturated heterocycles. The van der Waals surface area contributed by atoms with Gasteiger partial charge in [-0.1, -0.05) is 43.0 Å². The molecule has 0 unspecified atom stereocenters. The predicted octanol–water partition coefficient (Wildman–Crippen LogP) is 4.13. The normalized spacial score (nSPS) is 10.3. The van der Waals surface area contributed by atoms with E-state index in [1.165, 1.54) is 0 Å². The van der Waals surface area contributed by atoms with Crippen LogP contribution in [0.2, 0.25) is 0 Å². The van der Waals surface area contributed by atoms with Crippen LogP contribution in [-0.4, -0.2) is 22.2 Å². The lowest BCUT2D eigenvalue weighted by Crippen LogP contribution is -2.28. The van der Waals surface area contributed by atoms with E-state index in [2.05, 4.69) is 38.9 Å². The standard InChI is InChI=1S/C22H24N4O2/c1-3-12-28-21-9-5-8-20(14-21)25-22(27)24-15-18-6-4-7-19(13-18)16-26-11-10-23-17(26)2/h3-11,13-14H,1,12,15-16H2,2H3,(H2,24,25,27). The number of aryl methyl sites for hydroxylation is 1. The van der Waals surface area contributed by atoms with E-state index in [1.807, 2.05) is 43.5 Å². The van der Waals surface area contributed by atoms with E-state index in [0.29, 0.717) is 24.6 Å². The highest BCUT2D eigenvalue weighted by atomic mass is 16.5. The van der Waals surface area contributed by atoms with Crippen molar-refractivity contribution in [3.8, 4) is 5.75 Å². The van der Waals surface area contributed by atoms with Crippen molar-refractivity contribution in [3.63, 3.8) is 0 Å². The van der Waals surface area contributed by atoms with E-state index in [1.54, 1.807) is 18.3 Å². The van der Waals surface area contributed by atoms with Crippen molar-refractivity contribution in [2.45, 2.75) is 20.0 Å². The van der Waals surface area contributed by atoms with Gasteiger partial charge in [-0.25, -0.2) is 9.78 Å². The molecule has 0 aliphatic carbocycles. The van der Waals surface area contributed by atoms with Crippen molar-refractivity contribution < 1.29 is 9.53 Å². The first-order valence-corrected chi connectivity index (χ1v) is 9.08. The number of anilines is 1. The maximum atomic E-state index is 12.2. The van der Waals surface area contributed by atoms with E-state index < -0.39 is 0 Å². The molecule has 1 aromatic heterocycles. The summed E-state index contributed by atoms with van der Waals surface area (Å²) < 4.78 is 7.56. The zero-order valence-electron chi connectivity index (χ0n) is 15.9. The Kier molecular flexibility index (Phi) is 6.46. The minimum absolute atomic E-state index is 0.267. The van der Waals surface area contributed by atoms with Gasteiger partial charge in [-0.15, -0.1) is 0 Å². The molecule has 0 saturated carbocycles. The number of carbonyl (C=O) groups excluding carboxylic acids is 1. The van der Waals surface area contributed by atoms with Crippen LogP contribution < -0.4 is 15.4 Å². The second kappa shape index (κ2) is 9.41. The summed E-state index contributed by atoms with van der Waals surface area (Å²) >= 11 is 0. The lowest BCUT2D eigenvalue weighted by Gasteiger charge is -2.11. The van der Waals surface area contributed by atoms with Crippen molar-refractivity contribution in [2.75, 3.05) is 11.9 Å². The Balaban J connectivity index is 1.54. The fraction of sp³-hybridized carbons (Fsp3) is 0.182. The van der Waals surface area contributed by atoms with Gasteiger partial charge in [0.2, 0.25) is 0 Å². The number of amides is 2. The summed E-state index contributed by atoms with van der Waals surface area (Å²) in [6.07, 6.45) is 5.43. The van der Waals surface area contributed by atoms with Gasteiger partial charge >= 0.3 is 6.03 Å². The predicted molar refractivity (Wildman–Crippen MR) is 111 cm³/mol. The Morgan fingerprint density at radius 3 is 2.82 bits per heavy atom. The summed E-state index contributed by atoms with van der Waals surface area (Å²) in [6, 6.07) is 15.1. The van der Waals surface area contributed by atoms with Gasteiger partial charge in [0.25, 0.3) is 0 Å². The molecular weight excluding hydrogens is 352 g/mol. The Labute approximate surface area is 164 Å². The Morgan fingerprint density at radius 2 is 2.04 bits per heavy atom. The van der Waals surface area contributed by atoms with Crippen LogP contribution in [0.4, 0.5) is 10.5 Å². The summed E-state index contributed by atoms with van der Waals surface area (Å²) in [5, 5.41) is 5.70. The fourth-order valence-corrected chi connectivity index (χ4v) is 2.78. The minimum atomic E-state index is -0.267. The van der Waals surface area contributed by atoms with Crippen LogP contribution in [0.25, 0.3) is 0 Å². The number of aromatic nitrogens is 2. The number of imidazole rings is 1. The number of ether oxygens (including phenoxy) is 1. The van der Waals surface area contributed by atoms with Crippen molar-refractivity contribution in [1.82, 2.24) is 14.9 Å². The molecule has 3 aromatic rings. The molecule has 2 N–H and O–H groups in total. The zero-order chi connectivity index (χ0) is 19.8. The van der Waals surface area contributed by atoms with Crippen LogP contribution in [0.15, 0.2) is 73.6 Å². The molecule has 0 radical (unpaired) electrons. The molecular formula is C22H24N4O2. The number of urea groups is 1. The monoisotopic (exact) mass is 376 g/mol. The number of carbonyl (C=O) groups is 1. The number of nitrogens with zero attached hydrogens (tertiary/aromatic N) is 2. The highest BCUT2D eigenvalue weighted by Gasteiger charge is 2.05. The van der Waals surface area contributed by atoms with Crippen molar-refractivity contribution in [3.05, 3.63) is 90.5 Å². The molecule has 0 fully saturated rings. The fourth-order valence-electron chi connectivity index (χ4n) is 2.78. The van der Waals surface area contributed by atoms with Gasteiger partial charge in [-0.3, -0.25) is 0 Å². The van der Waals surface area contributed by atoms with E-state index in [4.69, 9.17) is 4.74 Å². The summed E-state index contributed by atoms with van der Waals surface area (Å²) in [5.41, 5.74) is 2.87. The third-order valence-corrected chi connectivity index (χ3v) is 4.18. The molecule has 0 aliphatic heterocycles. The summed E-state index contributed by atoms with van der Waals surface area (Å²) in [4.78, 5) is 16.4. The first-order chi connectivity index (χ1) is 13.6. The number of rotatable bonds is 8. The smallest absolute Gasteiger partial charge is 0.319 e.